The maximum absolute atomic E-state index is 12.9. The van der Waals surface area contributed by atoms with Crippen LogP contribution in [0.2, 0.25) is 0 Å². The molecule has 1 N–H and O–H groups in total. The first-order valence-electron chi connectivity index (χ1n) is 8.58. The van der Waals surface area contributed by atoms with Crippen LogP contribution in [0.15, 0.2) is 58.3 Å². The lowest BCUT2D eigenvalue weighted by atomic mass is 10.2. The number of thioether (sulfide) groups is 1. The minimum atomic E-state index is -0.346. The van der Waals surface area contributed by atoms with E-state index in [1.807, 2.05) is 50.2 Å². The van der Waals surface area contributed by atoms with Gasteiger partial charge in [0, 0.05) is 12.4 Å². The van der Waals surface area contributed by atoms with Crippen LogP contribution < -0.4 is 9.64 Å². The number of hydrogen-bond acceptors (Lipinski definition) is 7. The fraction of sp³-hybridized carbons (Fsp3) is 0.158. The summed E-state index contributed by atoms with van der Waals surface area (Å²) in [6.45, 7) is 3.93. The summed E-state index contributed by atoms with van der Waals surface area (Å²) in [6, 6.07) is 11.1. The zero-order valence-corrected chi connectivity index (χ0v) is 16.0. The van der Waals surface area contributed by atoms with E-state index in [0.717, 1.165) is 23.1 Å². The summed E-state index contributed by atoms with van der Waals surface area (Å²) in [5.74, 6) is 0.950. The number of amides is 1. The molecule has 0 spiro atoms. The van der Waals surface area contributed by atoms with Gasteiger partial charge in [-0.3, -0.25) is 10.2 Å². The van der Waals surface area contributed by atoms with Crippen molar-refractivity contribution in [2.24, 2.45) is 0 Å². The lowest BCUT2D eigenvalue weighted by molar-refractivity contribution is -0.113. The van der Waals surface area contributed by atoms with Gasteiger partial charge in [-0.25, -0.2) is 9.53 Å². The highest BCUT2D eigenvalue weighted by Gasteiger charge is 2.37. The van der Waals surface area contributed by atoms with Gasteiger partial charge in [0.1, 0.15) is 5.75 Å². The zero-order valence-electron chi connectivity index (χ0n) is 15.2. The van der Waals surface area contributed by atoms with Gasteiger partial charge in [-0.15, -0.1) is 0 Å². The van der Waals surface area contributed by atoms with Crippen molar-refractivity contribution in [1.29, 1.82) is 5.41 Å². The number of amidine groups is 1. The number of nitrogens with one attached hydrogen (secondary N) is 1. The lowest BCUT2D eigenvalue weighted by Gasteiger charge is -2.11. The van der Waals surface area contributed by atoms with Crippen LogP contribution in [0.5, 0.6) is 5.75 Å². The first kappa shape index (κ1) is 18.1. The number of benzene rings is 1. The molecule has 0 aliphatic carbocycles. The fourth-order valence-corrected chi connectivity index (χ4v) is 3.55. The predicted molar refractivity (Wildman–Crippen MR) is 107 cm³/mol. The molecule has 0 bridgehead atoms. The molecule has 3 aromatic rings. The number of carbonyl (C=O) groups is 1. The first-order valence-corrected chi connectivity index (χ1v) is 9.40. The molecule has 0 unspecified atom stereocenters. The van der Waals surface area contributed by atoms with E-state index < -0.39 is 0 Å². The molecule has 1 aliphatic heterocycles. The second kappa shape index (κ2) is 7.35. The Morgan fingerprint density at radius 3 is 2.50 bits per heavy atom. The lowest BCUT2D eigenvalue weighted by Crippen LogP contribution is -2.29. The van der Waals surface area contributed by atoms with Crippen molar-refractivity contribution < 1.29 is 14.2 Å². The molecule has 142 valence electrons. The second-order valence-electron chi connectivity index (χ2n) is 6.29. The Hall–Kier alpha value is -3.33. The van der Waals surface area contributed by atoms with E-state index in [4.69, 9.17) is 14.8 Å². The Bertz CT molecular complexity index is 1040. The molecular weight excluding hydrogens is 378 g/mol. The molecule has 3 heterocycles. The van der Waals surface area contributed by atoms with Crippen LogP contribution in [-0.2, 0) is 4.79 Å². The number of nitrogens with zero attached hydrogens (tertiary/aromatic N) is 4. The summed E-state index contributed by atoms with van der Waals surface area (Å²) < 4.78 is 12.1. The second-order valence-corrected chi connectivity index (χ2v) is 7.32. The minimum absolute atomic E-state index is 0.0418. The van der Waals surface area contributed by atoms with Crippen LogP contribution in [0.3, 0.4) is 0 Å². The summed E-state index contributed by atoms with van der Waals surface area (Å²) >= 11 is 1.07. The summed E-state index contributed by atoms with van der Waals surface area (Å²) in [5, 5.41) is 16.0. The Morgan fingerprint density at radius 2 is 1.82 bits per heavy atom. The van der Waals surface area contributed by atoms with Crippen LogP contribution in [0.4, 0.5) is 5.82 Å². The van der Waals surface area contributed by atoms with E-state index in [-0.39, 0.29) is 23.0 Å². The molecular formula is C19H17N5O3S. The summed E-state index contributed by atoms with van der Waals surface area (Å²) in [4.78, 5) is 14.5. The van der Waals surface area contributed by atoms with Gasteiger partial charge in [0.2, 0.25) is 11.6 Å². The molecule has 4 rings (SSSR count). The smallest absolute Gasteiger partial charge is 0.272 e. The van der Waals surface area contributed by atoms with E-state index in [2.05, 4.69) is 10.3 Å². The summed E-state index contributed by atoms with van der Waals surface area (Å²) in [7, 11) is 0. The van der Waals surface area contributed by atoms with Crippen LogP contribution in [-0.4, -0.2) is 32.1 Å². The maximum atomic E-state index is 12.9. The van der Waals surface area contributed by atoms with Crippen LogP contribution in [0.25, 0.3) is 11.9 Å². The monoisotopic (exact) mass is 395 g/mol. The highest BCUT2D eigenvalue weighted by Crippen LogP contribution is 2.36. The third kappa shape index (κ3) is 3.44. The normalized spacial score (nSPS) is 15.8. The minimum Gasteiger partial charge on any atom is -0.491 e. The van der Waals surface area contributed by atoms with Crippen molar-refractivity contribution in [3.05, 3.63) is 59.3 Å². The molecule has 1 amide bonds. The molecule has 8 nitrogen and oxygen atoms in total. The molecule has 1 aliphatic rings. The van der Waals surface area contributed by atoms with Crippen molar-refractivity contribution in [3.63, 3.8) is 0 Å². The van der Waals surface area contributed by atoms with Gasteiger partial charge in [-0.05, 0) is 71.8 Å². The molecule has 0 radical (unpaired) electrons. The van der Waals surface area contributed by atoms with E-state index in [1.54, 1.807) is 23.0 Å². The van der Waals surface area contributed by atoms with Gasteiger partial charge in [0.25, 0.3) is 5.91 Å². The Labute approximate surface area is 165 Å². The molecule has 0 atom stereocenters. The van der Waals surface area contributed by atoms with E-state index in [1.165, 1.54) is 4.90 Å². The quantitative estimate of drug-likeness (QED) is 0.662. The van der Waals surface area contributed by atoms with Crippen molar-refractivity contribution in [1.82, 2.24) is 14.9 Å². The van der Waals surface area contributed by atoms with Crippen molar-refractivity contribution in [3.8, 4) is 11.6 Å². The molecule has 1 fully saturated rings. The molecule has 1 aromatic carbocycles. The number of ether oxygens (including phenoxy) is 1. The maximum Gasteiger partial charge on any atom is 0.272 e. The number of anilines is 1. The third-order valence-electron chi connectivity index (χ3n) is 3.89. The standard InChI is InChI=1S/C19H17N5O3S/c1-12(2)26-14-7-5-13(6-8-14)11-15-18(25)24(19(20)28-15)17-16(21-27-22-17)23-9-3-4-10-23/h3-12,20H,1-2H3. The van der Waals surface area contributed by atoms with Gasteiger partial charge >= 0.3 is 0 Å². The van der Waals surface area contributed by atoms with Gasteiger partial charge < -0.3 is 9.30 Å². The molecule has 2 aromatic heterocycles. The molecule has 28 heavy (non-hydrogen) atoms. The first-order chi connectivity index (χ1) is 13.5. The highest BCUT2D eigenvalue weighted by molar-refractivity contribution is 8.19. The Morgan fingerprint density at radius 1 is 1.14 bits per heavy atom. The Balaban J connectivity index is 1.60. The highest BCUT2D eigenvalue weighted by atomic mass is 32.2. The van der Waals surface area contributed by atoms with Crippen molar-refractivity contribution in [2.45, 2.75) is 20.0 Å². The number of carbonyl (C=O) groups excluding carboxylic acids is 1. The molecule has 1 saturated heterocycles. The summed E-state index contributed by atoms with van der Waals surface area (Å²) in [6.07, 6.45) is 5.36. The van der Waals surface area contributed by atoms with E-state index in [9.17, 15) is 4.79 Å². The Kier molecular flexibility index (Phi) is 4.74. The average molecular weight is 395 g/mol. The van der Waals surface area contributed by atoms with Gasteiger partial charge in [-0.1, -0.05) is 12.1 Å². The number of rotatable bonds is 5. The van der Waals surface area contributed by atoms with Crippen molar-refractivity contribution >= 4 is 34.7 Å². The average Bonchev–Trinajstić information content (AvgIpc) is 3.37. The van der Waals surface area contributed by atoms with E-state index in [0.29, 0.717) is 10.7 Å². The largest absolute Gasteiger partial charge is 0.491 e. The van der Waals surface area contributed by atoms with Gasteiger partial charge in [-0.2, -0.15) is 0 Å². The predicted octanol–water partition coefficient (Wildman–Crippen LogP) is 3.70. The van der Waals surface area contributed by atoms with Crippen LogP contribution >= 0.6 is 11.8 Å². The van der Waals surface area contributed by atoms with Gasteiger partial charge in [0.05, 0.1) is 11.0 Å². The summed E-state index contributed by atoms with van der Waals surface area (Å²) in [5.41, 5.74) is 0.838. The number of aromatic nitrogens is 3. The zero-order chi connectivity index (χ0) is 19.7. The van der Waals surface area contributed by atoms with Gasteiger partial charge in [0.15, 0.2) is 5.17 Å². The SMILES string of the molecule is CC(C)Oc1ccc(C=C2SC(=N)N(c3nonc3-n3cccc3)C2=O)cc1. The topological polar surface area (TPSA) is 97.2 Å². The van der Waals surface area contributed by atoms with Crippen LogP contribution in [0.1, 0.15) is 19.4 Å². The third-order valence-corrected chi connectivity index (χ3v) is 4.78. The van der Waals surface area contributed by atoms with Crippen molar-refractivity contribution in [2.75, 3.05) is 4.90 Å². The van der Waals surface area contributed by atoms with E-state index >= 15 is 0 Å². The molecule has 0 saturated carbocycles. The number of hydrogen-bond donors (Lipinski definition) is 1. The fourth-order valence-electron chi connectivity index (χ4n) is 2.70. The van der Waals surface area contributed by atoms with Crippen LogP contribution in [0, 0.1) is 5.41 Å². The molecule has 9 heteroatoms.